The molecule has 23 heavy (non-hydrogen) atoms. The van der Waals surface area contributed by atoms with Gasteiger partial charge in [-0.25, -0.2) is 4.79 Å². The zero-order valence-electron chi connectivity index (χ0n) is 14.0. The molecule has 5 heteroatoms. The van der Waals surface area contributed by atoms with Gasteiger partial charge < -0.3 is 15.0 Å². The zero-order chi connectivity index (χ0) is 16.7. The monoisotopic (exact) mass is 316 g/mol. The summed E-state index contributed by atoms with van der Waals surface area (Å²) in [7, 11) is 0. The van der Waals surface area contributed by atoms with Crippen molar-refractivity contribution in [2.75, 3.05) is 13.1 Å². The second-order valence-corrected chi connectivity index (χ2v) is 7.53. The number of likely N-dealkylation sites (tertiary alicyclic amines) is 1. The van der Waals surface area contributed by atoms with Crippen molar-refractivity contribution in [1.29, 1.82) is 0 Å². The summed E-state index contributed by atoms with van der Waals surface area (Å²) < 4.78 is 5.51. The van der Waals surface area contributed by atoms with Crippen LogP contribution in [0.2, 0.25) is 0 Å². The van der Waals surface area contributed by atoms with Gasteiger partial charge >= 0.3 is 6.09 Å². The molecule has 1 N–H and O–H groups in total. The van der Waals surface area contributed by atoms with Crippen molar-refractivity contribution in [2.45, 2.75) is 50.7 Å². The van der Waals surface area contributed by atoms with Gasteiger partial charge in [-0.2, -0.15) is 0 Å². The Bertz CT molecular complexity index is 608. The minimum atomic E-state index is -0.520. The van der Waals surface area contributed by atoms with E-state index in [2.05, 4.69) is 17.4 Å². The lowest BCUT2D eigenvalue weighted by Crippen LogP contribution is -2.48. The lowest BCUT2D eigenvalue weighted by molar-refractivity contribution is -0.119. The van der Waals surface area contributed by atoms with Crippen molar-refractivity contribution < 1.29 is 14.3 Å². The van der Waals surface area contributed by atoms with Crippen molar-refractivity contribution in [1.82, 2.24) is 10.2 Å². The summed E-state index contributed by atoms with van der Waals surface area (Å²) in [6.07, 6.45) is 0.965. The van der Waals surface area contributed by atoms with Crippen LogP contribution < -0.4 is 5.32 Å². The Hall–Kier alpha value is -2.04. The van der Waals surface area contributed by atoms with E-state index in [1.54, 1.807) is 4.90 Å². The molecular formula is C18H24N2O3. The topological polar surface area (TPSA) is 58.6 Å². The third-order valence-corrected chi connectivity index (χ3v) is 4.58. The van der Waals surface area contributed by atoms with Crippen LogP contribution in [0.3, 0.4) is 0 Å². The third-order valence-electron chi connectivity index (χ3n) is 4.58. The molecule has 0 aromatic heterocycles. The Morgan fingerprint density at radius 3 is 2.57 bits per heavy atom. The molecule has 0 aliphatic carbocycles. The quantitative estimate of drug-likeness (QED) is 0.866. The number of amides is 2. The summed E-state index contributed by atoms with van der Waals surface area (Å²) in [4.78, 5) is 26.0. The van der Waals surface area contributed by atoms with Gasteiger partial charge in [-0.15, -0.1) is 0 Å². The predicted molar refractivity (Wildman–Crippen MR) is 87.1 cm³/mol. The molecule has 0 bridgehead atoms. The third kappa shape index (κ3) is 3.19. The SMILES string of the molecule is CC(C)(C)OC(=O)N1C[C@H](c2ccccc2)[C@@]2(CCC(=O)N2)C1. The average Bonchev–Trinajstić information content (AvgIpc) is 3.02. The van der Waals surface area contributed by atoms with Crippen LogP contribution in [-0.2, 0) is 9.53 Å². The van der Waals surface area contributed by atoms with Crippen molar-refractivity contribution >= 4 is 12.0 Å². The summed E-state index contributed by atoms with van der Waals surface area (Å²) in [6.45, 7) is 6.67. The summed E-state index contributed by atoms with van der Waals surface area (Å²) in [6, 6.07) is 10.1. The minimum Gasteiger partial charge on any atom is -0.444 e. The van der Waals surface area contributed by atoms with E-state index < -0.39 is 5.60 Å². The number of nitrogens with one attached hydrogen (secondary N) is 1. The molecule has 2 atom stereocenters. The number of ether oxygens (including phenoxy) is 1. The fourth-order valence-corrected chi connectivity index (χ4v) is 3.60. The fraction of sp³-hybridized carbons (Fsp3) is 0.556. The average molecular weight is 316 g/mol. The fourth-order valence-electron chi connectivity index (χ4n) is 3.60. The number of carbonyl (C=O) groups excluding carboxylic acids is 2. The first-order valence-electron chi connectivity index (χ1n) is 8.13. The molecule has 124 valence electrons. The largest absolute Gasteiger partial charge is 0.444 e. The van der Waals surface area contributed by atoms with Crippen LogP contribution in [0.15, 0.2) is 30.3 Å². The van der Waals surface area contributed by atoms with E-state index in [1.807, 2.05) is 39.0 Å². The van der Waals surface area contributed by atoms with Crippen LogP contribution in [0.25, 0.3) is 0 Å². The summed E-state index contributed by atoms with van der Waals surface area (Å²) >= 11 is 0. The molecule has 1 spiro atoms. The molecule has 1 aromatic carbocycles. The van der Waals surface area contributed by atoms with Crippen molar-refractivity contribution in [3.8, 4) is 0 Å². The number of carbonyl (C=O) groups is 2. The number of hydrogen-bond acceptors (Lipinski definition) is 3. The van der Waals surface area contributed by atoms with Crippen molar-refractivity contribution in [3.05, 3.63) is 35.9 Å². The van der Waals surface area contributed by atoms with Gasteiger partial charge in [-0.3, -0.25) is 4.79 Å². The molecule has 5 nitrogen and oxygen atoms in total. The standard InChI is InChI=1S/C18H24N2O3/c1-17(2,3)23-16(22)20-11-14(13-7-5-4-6-8-13)18(12-20)10-9-15(21)19-18/h4-8,14H,9-12H2,1-3H3,(H,19,21)/t14-,18-/m1/s1. The normalized spacial score (nSPS) is 27.3. The molecule has 0 saturated carbocycles. The number of hydrogen-bond donors (Lipinski definition) is 1. The predicted octanol–water partition coefficient (Wildman–Crippen LogP) is 2.67. The van der Waals surface area contributed by atoms with Gasteiger partial charge in [0.05, 0.1) is 5.54 Å². The van der Waals surface area contributed by atoms with E-state index in [-0.39, 0.29) is 23.5 Å². The molecular weight excluding hydrogens is 292 g/mol. The highest BCUT2D eigenvalue weighted by atomic mass is 16.6. The van der Waals surface area contributed by atoms with E-state index in [4.69, 9.17) is 4.74 Å². The maximum absolute atomic E-state index is 12.5. The van der Waals surface area contributed by atoms with Crippen molar-refractivity contribution in [2.24, 2.45) is 0 Å². The lowest BCUT2D eigenvalue weighted by Gasteiger charge is -2.30. The first kappa shape index (κ1) is 15.8. The Kier molecular flexibility index (Phi) is 3.82. The van der Waals surface area contributed by atoms with E-state index >= 15 is 0 Å². The summed E-state index contributed by atoms with van der Waals surface area (Å²) in [5, 5.41) is 3.14. The Morgan fingerprint density at radius 1 is 1.30 bits per heavy atom. The van der Waals surface area contributed by atoms with Crippen LogP contribution in [-0.4, -0.2) is 41.1 Å². The van der Waals surface area contributed by atoms with Gasteiger partial charge in [-0.1, -0.05) is 30.3 Å². The van der Waals surface area contributed by atoms with Gasteiger partial charge in [0.1, 0.15) is 5.60 Å². The molecule has 3 rings (SSSR count). The zero-order valence-corrected chi connectivity index (χ0v) is 14.0. The highest BCUT2D eigenvalue weighted by Crippen LogP contribution is 2.42. The molecule has 2 heterocycles. The van der Waals surface area contributed by atoms with E-state index in [9.17, 15) is 9.59 Å². The molecule has 2 amide bonds. The van der Waals surface area contributed by atoms with Crippen LogP contribution in [0.4, 0.5) is 4.79 Å². The molecule has 2 fully saturated rings. The Labute approximate surface area is 137 Å². The van der Waals surface area contributed by atoms with Gasteiger partial charge in [0.25, 0.3) is 0 Å². The number of benzene rings is 1. The maximum Gasteiger partial charge on any atom is 0.410 e. The van der Waals surface area contributed by atoms with Gasteiger partial charge in [-0.05, 0) is 32.8 Å². The molecule has 2 aliphatic heterocycles. The van der Waals surface area contributed by atoms with Crippen LogP contribution in [0, 0.1) is 0 Å². The first-order valence-corrected chi connectivity index (χ1v) is 8.13. The van der Waals surface area contributed by atoms with E-state index in [1.165, 1.54) is 0 Å². The van der Waals surface area contributed by atoms with Crippen molar-refractivity contribution in [3.63, 3.8) is 0 Å². The van der Waals surface area contributed by atoms with Gasteiger partial charge in [0.2, 0.25) is 5.91 Å². The Morgan fingerprint density at radius 2 is 2.00 bits per heavy atom. The minimum absolute atomic E-state index is 0.0666. The number of nitrogens with zero attached hydrogens (tertiary/aromatic N) is 1. The van der Waals surface area contributed by atoms with Crippen LogP contribution >= 0.6 is 0 Å². The Balaban J connectivity index is 1.86. The highest BCUT2D eigenvalue weighted by molar-refractivity contribution is 5.80. The lowest BCUT2D eigenvalue weighted by atomic mass is 9.81. The van der Waals surface area contributed by atoms with E-state index in [0.29, 0.717) is 19.5 Å². The van der Waals surface area contributed by atoms with Crippen LogP contribution in [0.5, 0.6) is 0 Å². The second-order valence-electron chi connectivity index (χ2n) is 7.53. The summed E-state index contributed by atoms with van der Waals surface area (Å²) in [5.74, 6) is 0.166. The van der Waals surface area contributed by atoms with Gasteiger partial charge in [0, 0.05) is 25.4 Å². The highest BCUT2D eigenvalue weighted by Gasteiger charge is 2.52. The summed E-state index contributed by atoms with van der Waals surface area (Å²) in [5.41, 5.74) is 0.268. The molecule has 2 aliphatic rings. The van der Waals surface area contributed by atoms with E-state index in [0.717, 1.165) is 12.0 Å². The molecule has 2 saturated heterocycles. The molecule has 0 unspecified atom stereocenters. The molecule has 0 radical (unpaired) electrons. The first-order chi connectivity index (χ1) is 10.8. The maximum atomic E-state index is 12.5. The van der Waals surface area contributed by atoms with Crippen LogP contribution in [0.1, 0.15) is 45.1 Å². The van der Waals surface area contributed by atoms with Gasteiger partial charge in [0.15, 0.2) is 0 Å². The second kappa shape index (κ2) is 5.55. The number of rotatable bonds is 1. The smallest absolute Gasteiger partial charge is 0.410 e. The molecule has 1 aromatic rings.